The van der Waals surface area contributed by atoms with Crippen LogP contribution in [0.3, 0.4) is 0 Å². The zero-order chi connectivity index (χ0) is 43.4. The van der Waals surface area contributed by atoms with E-state index >= 15 is 0 Å². The maximum absolute atomic E-state index is 12.7. The van der Waals surface area contributed by atoms with Gasteiger partial charge in [0.15, 0.2) is 0 Å². The van der Waals surface area contributed by atoms with E-state index in [4.69, 9.17) is 18.5 Å². The van der Waals surface area contributed by atoms with Gasteiger partial charge in [-0.2, -0.15) is 0 Å². The Kier molecular flexibility index (Phi) is 42.4. The number of carbonyl (C=O) groups is 1. The number of allylic oxidation sites excluding steroid dienone is 6. The number of carbonyl (C=O) groups excluding carboxylic acids is 1. The van der Waals surface area contributed by atoms with Crippen molar-refractivity contribution < 1.29 is 37.3 Å². The first-order valence-electron chi connectivity index (χ1n) is 24.7. The van der Waals surface area contributed by atoms with Gasteiger partial charge < -0.3 is 27.9 Å². The first kappa shape index (κ1) is 57.7. The molecule has 2 unspecified atom stereocenters. The Morgan fingerprint density at radius 3 is 1.39 bits per heavy atom. The summed E-state index contributed by atoms with van der Waals surface area (Å²) in [5.74, 6) is -0.335. The number of hydrogen-bond acceptors (Lipinski definition) is 7. The summed E-state index contributed by atoms with van der Waals surface area (Å²) in [4.78, 5) is 25.1. The Morgan fingerprint density at radius 1 is 0.525 bits per heavy atom. The van der Waals surface area contributed by atoms with E-state index in [9.17, 15) is 14.3 Å². The van der Waals surface area contributed by atoms with Crippen molar-refractivity contribution in [2.75, 3.05) is 54.1 Å². The number of ether oxygens (including phenoxy) is 2. The number of nitrogens with zero attached hydrogens (tertiary/aromatic N) is 1. The molecule has 2 atom stereocenters. The molecule has 0 radical (unpaired) electrons. The molecule has 0 N–H and O–H groups in total. The van der Waals surface area contributed by atoms with Crippen LogP contribution in [0.15, 0.2) is 36.5 Å². The number of phosphoric acid groups is 1. The van der Waals surface area contributed by atoms with Crippen LogP contribution in [0.2, 0.25) is 0 Å². The third kappa shape index (κ3) is 47.6. The van der Waals surface area contributed by atoms with E-state index in [0.717, 1.165) is 44.9 Å². The number of esters is 1. The average Bonchev–Trinajstić information content (AvgIpc) is 3.19. The Hall–Kier alpha value is -1.28. The summed E-state index contributed by atoms with van der Waals surface area (Å²) in [6, 6.07) is 0. The predicted molar refractivity (Wildman–Crippen MR) is 250 cm³/mol. The minimum Gasteiger partial charge on any atom is -0.756 e. The SMILES string of the molecule is CCCCCCC/C=C\C/C=C\C/C=C\CCCCCCCCCCCOCC(COP(=O)([O-])OCC[N+](C)(C)C)OC(=O)CCCCCCCCCCCCCCC. The molecule has 0 rings (SSSR count). The van der Waals surface area contributed by atoms with Crippen molar-refractivity contribution in [3.63, 3.8) is 0 Å². The first-order chi connectivity index (χ1) is 28.6. The quantitative estimate of drug-likeness (QED) is 0.0198. The van der Waals surface area contributed by atoms with E-state index < -0.39 is 13.9 Å². The Labute approximate surface area is 365 Å². The molecule has 59 heavy (non-hydrogen) atoms. The van der Waals surface area contributed by atoms with Gasteiger partial charge in [0.05, 0.1) is 34.4 Å². The summed E-state index contributed by atoms with van der Waals surface area (Å²) in [6.07, 6.45) is 51.6. The summed E-state index contributed by atoms with van der Waals surface area (Å²) in [6.45, 7) is 5.41. The van der Waals surface area contributed by atoms with Gasteiger partial charge in [0.2, 0.25) is 0 Å². The molecule has 0 fully saturated rings. The number of likely N-dealkylation sites (N-methyl/N-ethyl adjacent to an activating group) is 1. The lowest BCUT2D eigenvalue weighted by Gasteiger charge is -2.28. The lowest BCUT2D eigenvalue weighted by molar-refractivity contribution is -0.870. The summed E-state index contributed by atoms with van der Waals surface area (Å²) < 4.78 is 34.7. The van der Waals surface area contributed by atoms with Gasteiger partial charge in [-0.1, -0.05) is 198 Å². The molecule has 0 aliphatic heterocycles. The maximum Gasteiger partial charge on any atom is 0.306 e. The van der Waals surface area contributed by atoms with Gasteiger partial charge in [-0.15, -0.1) is 0 Å². The lowest BCUT2D eigenvalue weighted by Crippen LogP contribution is -2.37. The van der Waals surface area contributed by atoms with Crippen LogP contribution in [0, 0.1) is 0 Å². The van der Waals surface area contributed by atoms with Gasteiger partial charge in [0.25, 0.3) is 7.82 Å². The fourth-order valence-corrected chi connectivity index (χ4v) is 7.58. The Morgan fingerprint density at radius 2 is 0.932 bits per heavy atom. The second kappa shape index (κ2) is 43.4. The fourth-order valence-electron chi connectivity index (χ4n) is 6.85. The second-order valence-corrected chi connectivity index (χ2v) is 19.2. The highest BCUT2D eigenvalue weighted by molar-refractivity contribution is 7.45. The minimum atomic E-state index is -4.53. The van der Waals surface area contributed by atoms with Crippen LogP contribution >= 0.6 is 7.82 Å². The number of rotatable bonds is 46. The van der Waals surface area contributed by atoms with Crippen LogP contribution in [0.5, 0.6) is 0 Å². The molecular weight excluding hydrogens is 758 g/mol. The largest absolute Gasteiger partial charge is 0.756 e. The molecule has 0 amide bonds. The molecule has 0 aromatic carbocycles. The smallest absolute Gasteiger partial charge is 0.306 e. The predicted octanol–water partition coefficient (Wildman–Crippen LogP) is 14.3. The van der Waals surface area contributed by atoms with E-state index in [2.05, 4.69) is 50.3 Å². The van der Waals surface area contributed by atoms with Crippen LogP contribution in [-0.2, 0) is 27.9 Å². The molecule has 9 heteroatoms. The van der Waals surface area contributed by atoms with Gasteiger partial charge in [0.1, 0.15) is 19.3 Å². The molecule has 0 aliphatic rings. The van der Waals surface area contributed by atoms with Gasteiger partial charge in [-0.3, -0.25) is 9.36 Å². The maximum atomic E-state index is 12.7. The van der Waals surface area contributed by atoms with E-state index in [1.807, 2.05) is 21.1 Å². The van der Waals surface area contributed by atoms with Crippen molar-refractivity contribution in [2.24, 2.45) is 0 Å². The van der Waals surface area contributed by atoms with Crippen LogP contribution in [0.25, 0.3) is 0 Å². The van der Waals surface area contributed by atoms with Gasteiger partial charge in [0, 0.05) is 13.0 Å². The van der Waals surface area contributed by atoms with Crippen LogP contribution < -0.4 is 4.89 Å². The van der Waals surface area contributed by atoms with Gasteiger partial charge >= 0.3 is 5.97 Å². The summed E-state index contributed by atoms with van der Waals surface area (Å²) >= 11 is 0. The Bertz CT molecular complexity index is 1040. The van der Waals surface area contributed by atoms with Gasteiger partial charge in [-0.25, -0.2) is 0 Å². The molecule has 8 nitrogen and oxygen atoms in total. The van der Waals surface area contributed by atoms with E-state index in [0.29, 0.717) is 24.1 Å². The topological polar surface area (TPSA) is 94.1 Å². The molecule has 0 aromatic rings. The van der Waals surface area contributed by atoms with Crippen molar-refractivity contribution >= 4 is 13.8 Å². The zero-order valence-electron chi connectivity index (χ0n) is 39.5. The van der Waals surface area contributed by atoms with E-state index in [1.54, 1.807) is 0 Å². The van der Waals surface area contributed by atoms with Crippen LogP contribution in [0.1, 0.15) is 219 Å². The van der Waals surface area contributed by atoms with Crippen LogP contribution in [-0.4, -0.2) is 70.7 Å². The third-order valence-corrected chi connectivity index (χ3v) is 11.7. The average molecular weight is 854 g/mol. The van der Waals surface area contributed by atoms with E-state index in [-0.39, 0.29) is 25.8 Å². The van der Waals surface area contributed by atoms with Crippen LogP contribution in [0.4, 0.5) is 0 Å². The highest BCUT2D eigenvalue weighted by atomic mass is 31.2. The highest BCUT2D eigenvalue weighted by Crippen LogP contribution is 2.38. The number of quaternary nitrogens is 1. The summed E-state index contributed by atoms with van der Waals surface area (Å²) in [5.41, 5.74) is 0. The molecule has 0 aliphatic carbocycles. The Balaban J connectivity index is 4.11. The number of hydrogen-bond donors (Lipinski definition) is 0. The second-order valence-electron chi connectivity index (χ2n) is 17.8. The number of unbranched alkanes of at least 4 members (excludes halogenated alkanes) is 26. The van der Waals surface area contributed by atoms with Crippen molar-refractivity contribution in [1.82, 2.24) is 0 Å². The minimum absolute atomic E-state index is 0.0260. The summed E-state index contributed by atoms with van der Waals surface area (Å²) in [7, 11) is 1.36. The zero-order valence-corrected chi connectivity index (χ0v) is 40.4. The standard InChI is InChI=1S/C50H96NO7P/c1-6-8-10-12-14-16-18-20-21-22-23-24-25-26-27-28-29-30-32-34-36-38-40-42-45-55-47-49(48-57-59(53,54)56-46-44-51(3,4)5)58-50(52)43-41-39-37-35-33-31-19-17-15-13-11-9-7-2/h18,20,22-23,25-26,49H,6-17,19,21,24,27-48H2,1-5H3/b20-18-,23-22-,26-25-. The number of phosphoric ester groups is 1. The third-order valence-electron chi connectivity index (χ3n) is 10.7. The van der Waals surface area contributed by atoms with Gasteiger partial charge in [-0.05, 0) is 51.4 Å². The molecular formula is C50H96NO7P. The lowest BCUT2D eigenvalue weighted by atomic mass is 10.0. The highest BCUT2D eigenvalue weighted by Gasteiger charge is 2.20. The molecule has 0 bridgehead atoms. The molecule has 0 spiro atoms. The normalized spacial score (nSPS) is 13.9. The molecule has 0 aromatic heterocycles. The van der Waals surface area contributed by atoms with Crippen molar-refractivity contribution in [3.8, 4) is 0 Å². The monoisotopic (exact) mass is 854 g/mol. The molecule has 0 heterocycles. The molecule has 0 saturated heterocycles. The van der Waals surface area contributed by atoms with Crippen molar-refractivity contribution in [2.45, 2.75) is 225 Å². The van der Waals surface area contributed by atoms with E-state index in [1.165, 1.54) is 154 Å². The fraction of sp³-hybridized carbons (Fsp3) is 0.860. The molecule has 0 saturated carbocycles. The van der Waals surface area contributed by atoms with Crippen molar-refractivity contribution in [3.05, 3.63) is 36.5 Å². The van der Waals surface area contributed by atoms with Crippen molar-refractivity contribution in [1.29, 1.82) is 0 Å². The first-order valence-corrected chi connectivity index (χ1v) is 26.2. The summed E-state index contributed by atoms with van der Waals surface area (Å²) in [5, 5.41) is 0. The molecule has 348 valence electrons.